The Balaban J connectivity index is 0.000000289. The van der Waals surface area contributed by atoms with E-state index in [0.29, 0.717) is 108 Å². The van der Waals surface area contributed by atoms with Crippen LogP contribution in [0, 0.1) is 65.9 Å². The number of nitrogens with zero attached hydrogens (tertiary/aromatic N) is 9. The number of aliphatic hydroxyl groups is 2. The molecule has 0 saturated carbocycles. The van der Waals surface area contributed by atoms with Crippen molar-refractivity contribution in [2.24, 2.45) is 47.0 Å². The predicted molar refractivity (Wildman–Crippen MR) is 560 cm³/mol. The van der Waals surface area contributed by atoms with E-state index in [-0.39, 0.29) is 123 Å². The molecule has 38 nitrogen and oxygen atoms in total. The number of nitrogens with two attached hydrogens (primary N) is 2. The Bertz CT molecular complexity index is 4750. The smallest absolute Gasteiger partial charge is 0.373 e. The zero-order chi connectivity index (χ0) is 106. The first kappa shape index (κ1) is 124. The van der Waals surface area contributed by atoms with Gasteiger partial charge in [0.2, 0.25) is 34.8 Å². The average molecular weight is 2080 g/mol. The van der Waals surface area contributed by atoms with E-state index in [2.05, 4.69) is 120 Å². The quantitative estimate of drug-likeness (QED) is 0.00258. The van der Waals surface area contributed by atoms with E-state index in [1.807, 2.05) is 115 Å². The molecule has 6 unspecified atom stereocenters. The number of piperidine rings is 2. The second-order valence-electron chi connectivity index (χ2n) is 35.7. The number of likely N-dealkylation sites (tertiary alicyclic amines) is 4. The van der Waals surface area contributed by atoms with Crippen LogP contribution >= 0.6 is 15.9 Å². The highest BCUT2D eigenvalue weighted by Gasteiger charge is 2.43. The summed E-state index contributed by atoms with van der Waals surface area (Å²) < 4.78 is 28.9. The molecule has 0 aromatic heterocycles. The van der Waals surface area contributed by atoms with E-state index in [9.17, 15) is 68.7 Å². The molecule has 145 heavy (non-hydrogen) atoms. The van der Waals surface area contributed by atoms with Gasteiger partial charge in [0.25, 0.3) is 0 Å². The minimum Gasteiger partial charge on any atom is -0.466 e. The number of ether oxygens (including phenoxy) is 6. The number of carbonyl (C=O) groups is 8. The molecule has 8 saturated heterocycles. The zero-order valence-corrected chi connectivity index (χ0v) is 86.1. The summed E-state index contributed by atoms with van der Waals surface area (Å²) in [6.07, 6.45) is 10.5. The van der Waals surface area contributed by atoms with E-state index in [1.165, 1.54) is 73.4 Å². The van der Waals surface area contributed by atoms with Gasteiger partial charge in [-0.2, -0.15) is 0 Å². The monoisotopic (exact) mass is 2080 g/mol. The Morgan fingerprint density at radius 2 is 0.848 bits per heavy atom. The van der Waals surface area contributed by atoms with Crippen molar-refractivity contribution in [1.82, 2.24) is 50.6 Å². The van der Waals surface area contributed by atoms with Gasteiger partial charge in [-0.1, -0.05) is 198 Å². The van der Waals surface area contributed by atoms with Gasteiger partial charge in [-0.05, 0) is 137 Å². The fraction of sp³-hybridized carbons (Fsp3) is 0.534. The van der Waals surface area contributed by atoms with Crippen LogP contribution in [0.25, 0.3) is 0 Å². The molecule has 6 aromatic rings. The molecule has 4 bridgehead atoms. The standard InChI is InChI=1S/C16H21BN2O3.C15H20N2O4.C15H22N2O2.C14H19BN2O2.C13H17NO2.C9H9NO4.C7H15BN2O.C6H9BrO2.C6H12N2.C2H5NO3/c1-2-22-15(20)8-13-10-19(11-14(13)18-16(17)21)9-12-6-4-3-5-7-12;1-2-21-15(18)8-13-10-16(11-14(13)17(19)20)9-12-6-4-3-5-7-12;1-2-19-15(18)8-13-10-17(11-14(13)16)9-12-6-4-3-5-7-12;15-14(19)16-13-10-17(9-12(13)6-7-18)8-11-4-2-1-3-5-11;1-2-16-13(15)9-6-10-14-11-12-7-4-3-5-8-12;11-9(14-7-6-10(12)13)8-4-2-1-3-5-8;1-8(11)9-7-5-10-3-2-6(7)4-10;1-2-9-6(8)4-3-5-7;7-6-4-8-2-1-5(6)3-8;4-2-1-3(5)6/h3-7,13-14H,2,8-11H2,1H3,(H,18,21);3-7,13-14H,2,8-11H2,1H3;3-7,13-14H,2,8-11,16H2,1H3;1-5,12-13,18H,6-10H2,(H,16,19);3-9,14H,2,10-11H2,1H3;1-5H,6-7H2;6-7,9,11H,2-5H2,1H3;3-4H,2,5H2,1H3;5-6H,1-4,7H2;4H,1-2H2/b;;;;9-6-;;;;;/t3*13-,14-;12-,13-;;;;;;/m0000....../s1. The Kier molecular flexibility index (Phi) is 62.7. The summed E-state index contributed by atoms with van der Waals surface area (Å²) in [5.41, 5.74) is 18.4. The lowest BCUT2D eigenvalue weighted by atomic mass is 9.84. The van der Waals surface area contributed by atoms with Gasteiger partial charge >= 0.3 is 42.9 Å². The number of esters is 6. The number of amides is 2. The van der Waals surface area contributed by atoms with Crippen LogP contribution in [0.1, 0.15) is 111 Å². The number of nitro groups is 3. The number of allylic oxidation sites excluding steroid dienone is 1. The second-order valence-corrected chi connectivity index (χ2v) is 36.3. The first-order valence-electron chi connectivity index (χ1n) is 49.6. The fourth-order valence-corrected chi connectivity index (χ4v) is 17.9. The molecule has 11 N–H and O–H groups in total. The van der Waals surface area contributed by atoms with E-state index < -0.39 is 33.5 Å². The van der Waals surface area contributed by atoms with Crippen LogP contribution in [-0.4, -0.2) is 335 Å². The Morgan fingerprint density at radius 3 is 1.22 bits per heavy atom. The third-order valence-electron chi connectivity index (χ3n) is 24.3. The van der Waals surface area contributed by atoms with Crippen molar-refractivity contribution in [3.63, 3.8) is 0 Å². The van der Waals surface area contributed by atoms with Crippen LogP contribution in [0.5, 0.6) is 0 Å². The van der Waals surface area contributed by atoms with Gasteiger partial charge < -0.3 is 86.1 Å². The van der Waals surface area contributed by atoms with E-state index >= 15 is 0 Å². The number of hydrogen-bond donors (Lipinski definition) is 9. The van der Waals surface area contributed by atoms with Gasteiger partial charge in [0, 0.05) is 186 Å². The number of aliphatic hydroxyl groups excluding tert-OH is 2. The third kappa shape index (κ3) is 53.7. The minimum absolute atomic E-state index is 0.0234. The van der Waals surface area contributed by atoms with Crippen molar-refractivity contribution in [2.75, 3.05) is 169 Å². The van der Waals surface area contributed by atoms with E-state index in [0.717, 1.165) is 89.4 Å². The highest BCUT2D eigenvalue weighted by Crippen LogP contribution is 2.31. The second kappa shape index (κ2) is 73.1. The van der Waals surface area contributed by atoms with Gasteiger partial charge in [-0.3, -0.25) is 73.9 Å². The summed E-state index contributed by atoms with van der Waals surface area (Å²) in [5, 5.41) is 69.0. The van der Waals surface area contributed by atoms with E-state index in [1.54, 1.807) is 77.0 Å². The van der Waals surface area contributed by atoms with Crippen molar-refractivity contribution in [3.05, 3.63) is 270 Å². The first-order valence-corrected chi connectivity index (χ1v) is 50.7. The summed E-state index contributed by atoms with van der Waals surface area (Å²) in [4.78, 5) is 132. The zero-order valence-electron chi connectivity index (χ0n) is 84.5. The number of nitrogens with one attached hydrogen (secondary N) is 4. The lowest BCUT2D eigenvalue weighted by Gasteiger charge is -2.23. The Hall–Kier alpha value is -11.1. The van der Waals surface area contributed by atoms with Gasteiger partial charge in [-0.15, -0.1) is 0 Å². The van der Waals surface area contributed by atoms with Crippen molar-refractivity contribution in [2.45, 2.75) is 149 Å². The number of hydrogen-bond acceptors (Lipinski definition) is 33. The average Bonchev–Trinajstić information content (AvgIpc) is 1.61. The normalized spacial score (nSPS) is 21.7. The van der Waals surface area contributed by atoms with Gasteiger partial charge in [0.1, 0.15) is 6.61 Å². The fourth-order valence-electron chi connectivity index (χ4n) is 17.7. The van der Waals surface area contributed by atoms with Crippen LogP contribution < -0.4 is 32.6 Å². The molecule has 14 atom stereocenters. The van der Waals surface area contributed by atoms with Crippen molar-refractivity contribution in [3.8, 4) is 0 Å². The van der Waals surface area contributed by atoms with Gasteiger partial charge in [0.05, 0.1) is 70.3 Å². The third-order valence-corrected chi connectivity index (χ3v) is 24.7. The lowest BCUT2D eigenvalue weighted by molar-refractivity contribution is -0.525. The number of alkyl halides is 1. The number of benzene rings is 6. The highest BCUT2D eigenvalue weighted by molar-refractivity contribution is 9.09. The molecule has 42 heteroatoms. The molecule has 0 aliphatic carbocycles. The predicted octanol–water partition coefficient (Wildman–Crippen LogP) is 7.99. The molecule has 8 aliphatic heterocycles. The van der Waals surface area contributed by atoms with Crippen molar-refractivity contribution < 1.29 is 96.8 Å². The highest BCUT2D eigenvalue weighted by atomic mass is 79.9. The topological polar surface area (TPSA) is 502 Å². The van der Waals surface area contributed by atoms with Gasteiger partial charge in [-0.25, -0.2) is 14.4 Å². The molecule has 4 radical (unpaired) electrons. The Morgan fingerprint density at radius 1 is 0.455 bits per heavy atom. The van der Waals surface area contributed by atoms with Crippen LogP contribution in [-0.2, 0) is 85.1 Å². The molecule has 6 aromatic carbocycles. The maximum Gasteiger partial charge on any atom is 0.373 e. The summed E-state index contributed by atoms with van der Waals surface area (Å²) in [7, 11) is 10.1. The summed E-state index contributed by atoms with van der Waals surface area (Å²) in [6.45, 7) is 29.3. The maximum absolute atomic E-state index is 11.7. The molecule has 790 valence electrons. The lowest BCUT2D eigenvalue weighted by Crippen LogP contribution is -2.46. The summed E-state index contributed by atoms with van der Waals surface area (Å²) in [6, 6.07) is 59.3. The largest absolute Gasteiger partial charge is 0.466 e. The summed E-state index contributed by atoms with van der Waals surface area (Å²) in [5.74, 6) is -1.00. The number of carbonyl (C=O) groups excluding carboxylic acids is 8. The number of fused-ring (bicyclic) bond motifs is 4. The number of rotatable bonds is 39. The Labute approximate surface area is 864 Å². The molecule has 14 rings (SSSR count). The number of halogens is 1. The molecule has 2 amide bonds. The van der Waals surface area contributed by atoms with Crippen molar-refractivity contribution >= 4 is 86.1 Å². The molecule has 8 aliphatic rings. The van der Waals surface area contributed by atoms with Crippen molar-refractivity contribution in [1.29, 1.82) is 0 Å². The minimum atomic E-state index is -0.696. The van der Waals surface area contributed by atoms with Gasteiger partial charge in [0.15, 0.2) is 18.2 Å². The molecule has 8 heterocycles. The SMILES string of the molecule is CB(O)NC1CN2CCC1C2.CCOC(=O)/C=C\CNCc1ccccc1.CCOC(=O)C=CCBr.CCOC(=O)C[C@H]1CN(Cc2ccccc2)C[C@@H]1N.CCOC(=O)C[C@H]1CN(Cc2ccccc2)C[C@@H]1[N+](=O)[O-].NC1CN2CCC1C2.O=C(OCC[N+](=O)[O-])c1ccccc1.O=[N+]([O-])CCO.[B]C(=O)N[C@H]1CN(Cc2ccccc2)C[C@@H]1CC(=O)OCC.[B]C(=O)N[C@H]1CN(Cc2ccccc2)C[C@@H]1CCO. The van der Waals surface area contributed by atoms with Crippen LogP contribution in [0.3, 0.4) is 0 Å². The summed E-state index contributed by atoms with van der Waals surface area (Å²) >= 11 is 3.13. The molecular weight excluding hydrogens is 1930 g/mol. The van der Waals surface area contributed by atoms with Crippen LogP contribution in [0.4, 0.5) is 9.59 Å². The maximum atomic E-state index is 11.7. The van der Waals surface area contributed by atoms with E-state index in [4.69, 9.17) is 61.3 Å². The molecular formula is C103H149B3BrN15O23. The molecule has 0 spiro atoms. The first-order chi connectivity index (χ1) is 69.8. The van der Waals surface area contributed by atoms with Crippen LogP contribution in [0.2, 0.25) is 6.82 Å². The van der Waals surface area contributed by atoms with Crippen LogP contribution in [0.15, 0.2) is 206 Å². The molecule has 8 fully saturated rings.